The van der Waals surface area contributed by atoms with Gasteiger partial charge in [-0.05, 0) is 67.8 Å². The first-order valence-corrected chi connectivity index (χ1v) is 13.8. The molecule has 1 saturated heterocycles. The fourth-order valence-corrected chi connectivity index (χ4v) is 6.06. The molecule has 0 radical (unpaired) electrons. The number of hydrogen-bond acceptors (Lipinski definition) is 5. The summed E-state index contributed by atoms with van der Waals surface area (Å²) >= 11 is 0. The highest BCUT2D eigenvalue weighted by Crippen LogP contribution is 2.36. The number of rotatable bonds is 6. The first-order chi connectivity index (χ1) is 18.5. The molecule has 0 amide bonds. The zero-order valence-electron chi connectivity index (χ0n) is 23.6. The highest BCUT2D eigenvalue weighted by molar-refractivity contribution is 5.94. The highest BCUT2D eigenvalue weighted by Gasteiger charge is 2.25. The molecule has 2 aromatic carbocycles. The number of halogens is 1. The molecule has 2 aromatic heterocycles. The van der Waals surface area contributed by atoms with Gasteiger partial charge in [0, 0.05) is 63.4 Å². The van der Waals surface area contributed by atoms with Crippen molar-refractivity contribution in [1.29, 1.82) is 0 Å². The number of fused-ring (bicyclic) bond motifs is 2. The van der Waals surface area contributed by atoms with Gasteiger partial charge in [0.25, 0.3) is 0 Å². The van der Waals surface area contributed by atoms with Crippen LogP contribution < -0.4 is 9.64 Å². The Morgan fingerprint density at radius 3 is 2.41 bits per heavy atom. The molecular weight excluding hydrogens is 506 g/mol. The standard InChI is InChI=1S/C32H39N5O.ClH/c1-23-24(2)37(20-25-8-7-11-29(18-25)38-4)31-30(23)19-28(22-35-16-14-34(3)15-17-35)33-32(31)36-13-12-26-9-5-6-10-27(26)21-36;/h5-11,18-19H,12-17,20-22H2,1-4H3;1H. The molecule has 0 aliphatic carbocycles. The van der Waals surface area contributed by atoms with Crippen molar-refractivity contribution in [3.63, 3.8) is 0 Å². The fraction of sp³-hybridized carbons (Fsp3) is 0.406. The van der Waals surface area contributed by atoms with Gasteiger partial charge in [-0.2, -0.15) is 0 Å². The van der Waals surface area contributed by atoms with Crippen LogP contribution in [0.5, 0.6) is 5.75 Å². The number of aryl methyl sites for hydroxylation is 1. The van der Waals surface area contributed by atoms with E-state index in [-0.39, 0.29) is 12.4 Å². The lowest BCUT2D eigenvalue weighted by Crippen LogP contribution is -2.44. The van der Waals surface area contributed by atoms with Gasteiger partial charge in [-0.15, -0.1) is 12.4 Å². The molecule has 6 rings (SSSR count). The zero-order valence-corrected chi connectivity index (χ0v) is 24.4. The van der Waals surface area contributed by atoms with Gasteiger partial charge in [-0.25, -0.2) is 4.98 Å². The third-order valence-electron chi connectivity index (χ3n) is 8.54. The molecule has 6 nitrogen and oxygen atoms in total. The van der Waals surface area contributed by atoms with Crippen LogP contribution in [0.15, 0.2) is 54.6 Å². The number of benzene rings is 2. The largest absolute Gasteiger partial charge is 0.497 e. The van der Waals surface area contributed by atoms with E-state index in [1.807, 2.05) is 6.07 Å². The monoisotopic (exact) mass is 545 g/mol. The Balaban J connectivity index is 0.00000308. The smallest absolute Gasteiger partial charge is 0.153 e. The van der Waals surface area contributed by atoms with Crippen molar-refractivity contribution < 1.29 is 4.74 Å². The van der Waals surface area contributed by atoms with E-state index >= 15 is 0 Å². The minimum absolute atomic E-state index is 0. The summed E-state index contributed by atoms with van der Waals surface area (Å²) in [6.07, 6.45) is 1.05. The van der Waals surface area contributed by atoms with Crippen molar-refractivity contribution in [2.75, 3.05) is 51.8 Å². The molecule has 2 aliphatic heterocycles. The second kappa shape index (κ2) is 11.6. The maximum Gasteiger partial charge on any atom is 0.153 e. The normalized spacial score (nSPS) is 16.3. The minimum atomic E-state index is 0. The van der Waals surface area contributed by atoms with Gasteiger partial charge in [0.1, 0.15) is 5.75 Å². The molecule has 0 saturated carbocycles. The van der Waals surface area contributed by atoms with E-state index in [1.165, 1.54) is 44.5 Å². The number of anilines is 1. The predicted octanol–water partition coefficient (Wildman–Crippen LogP) is 5.44. The van der Waals surface area contributed by atoms with Crippen LogP contribution in [0.4, 0.5) is 5.82 Å². The van der Waals surface area contributed by atoms with Crippen molar-refractivity contribution in [3.05, 3.63) is 88.2 Å². The van der Waals surface area contributed by atoms with E-state index in [0.29, 0.717) is 0 Å². The number of piperazine rings is 1. The van der Waals surface area contributed by atoms with Crippen molar-refractivity contribution >= 4 is 29.1 Å². The van der Waals surface area contributed by atoms with Crippen LogP contribution in [-0.4, -0.2) is 66.2 Å². The van der Waals surface area contributed by atoms with Crippen molar-refractivity contribution in [1.82, 2.24) is 19.4 Å². The SMILES string of the molecule is COc1cccc(Cn2c(C)c(C)c3cc(CN4CCN(C)CC4)nc(N4CCc5ccccc5C4)c32)c1.Cl. The summed E-state index contributed by atoms with van der Waals surface area (Å²) in [6.45, 7) is 12.5. The van der Waals surface area contributed by atoms with Crippen LogP contribution >= 0.6 is 12.4 Å². The molecule has 7 heteroatoms. The summed E-state index contributed by atoms with van der Waals surface area (Å²) in [4.78, 5) is 12.9. The maximum atomic E-state index is 5.52. The lowest BCUT2D eigenvalue weighted by molar-refractivity contribution is 0.147. The third kappa shape index (κ3) is 5.51. The lowest BCUT2D eigenvalue weighted by atomic mass is 10.00. The number of methoxy groups -OCH3 is 1. The fourth-order valence-electron chi connectivity index (χ4n) is 6.06. The summed E-state index contributed by atoms with van der Waals surface area (Å²) in [7, 11) is 3.95. The quantitative estimate of drug-likeness (QED) is 0.322. The molecule has 4 heterocycles. The summed E-state index contributed by atoms with van der Waals surface area (Å²) in [6, 6.07) is 19.7. The number of ether oxygens (including phenoxy) is 1. The van der Waals surface area contributed by atoms with Gasteiger partial charge in [-0.1, -0.05) is 36.4 Å². The Labute approximate surface area is 238 Å². The number of likely N-dealkylation sites (N-methyl/N-ethyl adjacent to an activating group) is 1. The molecule has 0 spiro atoms. The Kier molecular flexibility index (Phi) is 8.17. The van der Waals surface area contributed by atoms with Crippen LogP contribution in [0.2, 0.25) is 0 Å². The van der Waals surface area contributed by atoms with Gasteiger partial charge in [-0.3, -0.25) is 4.90 Å². The number of nitrogens with zero attached hydrogens (tertiary/aromatic N) is 5. The van der Waals surface area contributed by atoms with Crippen molar-refractivity contribution in [3.8, 4) is 5.75 Å². The van der Waals surface area contributed by atoms with Gasteiger partial charge in [0.15, 0.2) is 5.82 Å². The second-order valence-corrected chi connectivity index (χ2v) is 11.0. The molecule has 2 aliphatic rings. The Morgan fingerprint density at radius 1 is 0.872 bits per heavy atom. The first-order valence-electron chi connectivity index (χ1n) is 13.8. The third-order valence-corrected chi connectivity index (χ3v) is 8.54. The van der Waals surface area contributed by atoms with Gasteiger partial charge < -0.3 is 19.1 Å². The van der Waals surface area contributed by atoms with Gasteiger partial charge >= 0.3 is 0 Å². The van der Waals surface area contributed by atoms with Gasteiger partial charge in [0.05, 0.1) is 18.3 Å². The van der Waals surface area contributed by atoms with Crippen LogP contribution in [0.3, 0.4) is 0 Å². The Morgan fingerprint density at radius 2 is 1.64 bits per heavy atom. The van der Waals surface area contributed by atoms with E-state index in [9.17, 15) is 0 Å². The highest BCUT2D eigenvalue weighted by atomic mass is 35.5. The molecular formula is C32H40ClN5O. The topological polar surface area (TPSA) is 36.8 Å². The predicted molar refractivity (Wildman–Crippen MR) is 163 cm³/mol. The maximum absolute atomic E-state index is 5.52. The zero-order chi connectivity index (χ0) is 26.2. The minimum Gasteiger partial charge on any atom is -0.497 e. The van der Waals surface area contributed by atoms with Crippen LogP contribution in [0, 0.1) is 13.8 Å². The second-order valence-electron chi connectivity index (χ2n) is 11.0. The summed E-state index contributed by atoms with van der Waals surface area (Å²) in [5.74, 6) is 2.02. The lowest BCUT2D eigenvalue weighted by Gasteiger charge is -2.33. The number of pyridine rings is 1. The van der Waals surface area contributed by atoms with Crippen LogP contribution in [0.1, 0.15) is 33.6 Å². The van der Waals surface area contributed by atoms with E-state index in [0.717, 1.165) is 70.3 Å². The van der Waals surface area contributed by atoms with Crippen LogP contribution in [-0.2, 0) is 26.1 Å². The average Bonchev–Trinajstić information content (AvgIpc) is 3.18. The molecule has 0 N–H and O–H groups in total. The molecule has 39 heavy (non-hydrogen) atoms. The average molecular weight is 546 g/mol. The van der Waals surface area contributed by atoms with Crippen molar-refractivity contribution in [2.24, 2.45) is 0 Å². The number of aromatic nitrogens is 2. The molecule has 206 valence electrons. The van der Waals surface area contributed by atoms with Gasteiger partial charge in [0.2, 0.25) is 0 Å². The molecule has 0 bridgehead atoms. The number of hydrogen-bond donors (Lipinski definition) is 0. The molecule has 4 aromatic rings. The summed E-state index contributed by atoms with van der Waals surface area (Å²) in [5, 5.41) is 1.33. The molecule has 0 atom stereocenters. The van der Waals surface area contributed by atoms with Crippen LogP contribution in [0.25, 0.3) is 10.9 Å². The Hall–Kier alpha value is -3.06. The van der Waals surface area contributed by atoms with Crippen molar-refractivity contribution in [2.45, 2.75) is 39.9 Å². The Bertz CT molecular complexity index is 1460. The first kappa shape index (κ1) is 27.5. The molecule has 0 unspecified atom stereocenters. The van der Waals surface area contributed by atoms with E-state index in [1.54, 1.807) is 7.11 Å². The van der Waals surface area contributed by atoms with E-state index < -0.39 is 0 Å². The summed E-state index contributed by atoms with van der Waals surface area (Å²) < 4.78 is 8.00. The van der Waals surface area contributed by atoms with E-state index in [2.05, 4.69) is 88.7 Å². The summed E-state index contributed by atoms with van der Waals surface area (Å²) in [5.41, 5.74) is 9.21. The molecule has 1 fully saturated rings. The van der Waals surface area contributed by atoms with E-state index in [4.69, 9.17) is 9.72 Å².